The lowest BCUT2D eigenvalue weighted by atomic mass is 10.1. The van der Waals surface area contributed by atoms with Crippen molar-refractivity contribution in [1.29, 1.82) is 0 Å². The fourth-order valence-corrected chi connectivity index (χ4v) is 2.96. The number of hydrogen-bond acceptors (Lipinski definition) is 5. The number of carbonyl (C=O) groups excluding carboxylic acids is 1. The second-order valence-electron chi connectivity index (χ2n) is 7.19. The van der Waals surface area contributed by atoms with E-state index in [4.69, 9.17) is 14.2 Å². The van der Waals surface area contributed by atoms with Crippen LogP contribution in [0.25, 0.3) is 0 Å². The summed E-state index contributed by atoms with van der Waals surface area (Å²) in [6.07, 6.45) is 1.55. The lowest BCUT2D eigenvalue weighted by Crippen LogP contribution is -2.24. The van der Waals surface area contributed by atoms with E-state index in [0.717, 1.165) is 22.3 Å². The molecule has 0 saturated carbocycles. The number of nitrogens with one attached hydrogen (secondary N) is 1. The van der Waals surface area contributed by atoms with Crippen molar-refractivity contribution < 1.29 is 19.0 Å². The van der Waals surface area contributed by atoms with Crippen LogP contribution in [0.1, 0.15) is 29.2 Å². The molecule has 166 valence electrons. The van der Waals surface area contributed by atoms with Crippen LogP contribution in [0.5, 0.6) is 17.2 Å². The number of carbonyl (C=O) groups is 1. The van der Waals surface area contributed by atoms with Gasteiger partial charge in [-0.1, -0.05) is 42.5 Å². The minimum absolute atomic E-state index is 0.113. The van der Waals surface area contributed by atoms with E-state index in [2.05, 4.69) is 10.5 Å². The van der Waals surface area contributed by atoms with Crippen LogP contribution in [0.2, 0.25) is 0 Å². The van der Waals surface area contributed by atoms with Crippen molar-refractivity contribution in [2.45, 2.75) is 27.4 Å². The number of benzene rings is 3. The molecule has 0 aliphatic rings. The fraction of sp³-hybridized carbons (Fsp3) is 0.231. The molecule has 0 radical (unpaired) electrons. The van der Waals surface area contributed by atoms with Gasteiger partial charge in [-0.15, -0.1) is 0 Å². The maximum absolute atomic E-state index is 12.1. The van der Waals surface area contributed by atoms with Gasteiger partial charge >= 0.3 is 0 Å². The molecule has 3 rings (SSSR count). The Morgan fingerprint density at radius 2 is 1.72 bits per heavy atom. The minimum atomic E-state index is -0.338. The molecule has 0 unspecified atom stereocenters. The fourth-order valence-electron chi connectivity index (χ4n) is 2.96. The largest absolute Gasteiger partial charge is 0.490 e. The minimum Gasteiger partial charge on any atom is -0.490 e. The second kappa shape index (κ2) is 11.6. The number of amides is 1. The molecule has 6 nitrogen and oxygen atoms in total. The monoisotopic (exact) mass is 432 g/mol. The summed E-state index contributed by atoms with van der Waals surface area (Å²) in [6.45, 7) is 6.72. The number of hydrazone groups is 1. The Kier molecular flexibility index (Phi) is 8.26. The summed E-state index contributed by atoms with van der Waals surface area (Å²) in [5.74, 6) is 1.63. The van der Waals surface area contributed by atoms with E-state index >= 15 is 0 Å². The summed E-state index contributed by atoms with van der Waals surface area (Å²) in [7, 11) is 0. The van der Waals surface area contributed by atoms with Crippen LogP contribution >= 0.6 is 0 Å². The van der Waals surface area contributed by atoms with Crippen LogP contribution in [0.3, 0.4) is 0 Å². The Morgan fingerprint density at radius 1 is 0.906 bits per heavy atom. The first-order chi connectivity index (χ1) is 15.6. The summed E-state index contributed by atoms with van der Waals surface area (Å²) in [5.41, 5.74) is 6.46. The zero-order chi connectivity index (χ0) is 22.8. The van der Waals surface area contributed by atoms with Gasteiger partial charge in [-0.2, -0.15) is 5.10 Å². The highest BCUT2D eigenvalue weighted by Crippen LogP contribution is 2.29. The standard InChI is InChI=1S/C26H28N2O4/c1-4-30-25-15-22(13-14-24(25)31-17-21-10-6-5-7-11-21)16-27-28-26(29)18-32-23-12-8-9-19(2)20(23)3/h5-16H,4,17-18H2,1-3H3,(H,28,29)/b27-16-. The van der Waals surface area contributed by atoms with E-state index in [-0.39, 0.29) is 12.5 Å². The predicted molar refractivity (Wildman–Crippen MR) is 126 cm³/mol. The van der Waals surface area contributed by atoms with Crippen LogP contribution in [-0.4, -0.2) is 25.3 Å². The molecule has 0 aliphatic heterocycles. The van der Waals surface area contributed by atoms with Gasteiger partial charge in [0.2, 0.25) is 0 Å². The molecule has 32 heavy (non-hydrogen) atoms. The van der Waals surface area contributed by atoms with Crippen LogP contribution in [0, 0.1) is 13.8 Å². The quantitative estimate of drug-likeness (QED) is 0.369. The van der Waals surface area contributed by atoms with Crippen LogP contribution in [-0.2, 0) is 11.4 Å². The number of nitrogens with zero attached hydrogens (tertiary/aromatic N) is 1. The van der Waals surface area contributed by atoms with Gasteiger partial charge in [0.25, 0.3) is 5.91 Å². The van der Waals surface area contributed by atoms with Crippen molar-refractivity contribution in [2.24, 2.45) is 5.10 Å². The topological polar surface area (TPSA) is 69.2 Å². The molecule has 0 heterocycles. The smallest absolute Gasteiger partial charge is 0.277 e. The van der Waals surface area contributed by atoms with Crippen molar-refractivity contribution in [2.75, 3.05) is 13.2 Å². The summed E-state index contributed by atoms with van der Waals surface area (Å²) < 4.78 is 17.2. The number of rotatable bonds is 10. The van der Waals surface area contributed by atoms with Crippen LogP contribution in [0.4, 0.5) is 0 Å². The van der Waals surface area contributed by atoms with E-state index in [1.165, 1.54) is 0 Å². The molecular formula is C26H28N2O4. The summed E-state index contributed by atoms with van der Waals surface area (Å²) >= 11 is 0. The summed E-state index contributed by atoms with van der Waals surface area (Å²) in [5, 5.41) is 4.02. The van der Waals surface area contributed by atoms with Crippen LogP contribution < -0.4 is 19.6 Å². The van der Waals surface area contributed by atoms with Gasteiger partial charge in [0.15, 0.2) is 18.1 Å². The average Bonchev–Trinajstić information content (AvgIpc) is 2.80. The highest BCUT2D eigenvalue weighted by atomic mass is 16.5. The molecule has 0 aromatic heterocycles. The third kappa shape index (κ3) is 6.60. The summed E-state index contributed by atoms with van der Waals surface area (Å²) in [4.78, 5) is 12.1. The van der Waals surface area contributed by atoms with E-state index in [0.29, 0.717) is 30.5 Å². The SMILES string of the molecule is CCOc1cc(/C=N\NC(=O)COc2cccc(C)c2C)ccc1OCc1ccccc1. The molecular weight excluding hydrogens is 404 g/mol. The van der Waals surface area contributed by atoms with Crippen molar-refractivity contribution in [3.8, 4) is 17.2 Å². The molecule has 1 N–H and O–H groups in total. The molecule has 0 aliphatic carbocycles. The van der Waals surface area contributed by atoms with Crippen molar-refractivity contribution in [3.05, 3.63) is 89.0 Å². The molecule has 3 aromatic rings. The first-order valence-corrected chi connectivity index (χ1v) is 10.5. The van der Waals surface area contributed by atoms with Gasteiger partial charge in [0, 0.05) is 0 Å². The van der Waals surface area contributed by atoms with Gasteiger partial charge < -0.3 is 14.2 Å². The molecule has 0 bridgehead atoms. The molecule has 6 heteroatoms. The van der Waals surface area contributed by atoms with E-state index in [9.17, 15) is 4.79 Å². The third-order valence-corrected chi connectivity index (χ3v) is 4.82. The lowest BCUT2D eigenvalue weighted by Gasteiger charge is -2.12. The Bertz CT molecular complexity index is 1060. The second-order valence-corrected chi connectivity index (χ2v) is 7.19. The zero-order valence-corrected chi connectivity index (χ0v) is 18.6. The van der Waals surface area contributed by atoms with Crippen molar-refractivity contribution in [1.82, 2.24) is 5.43 Å². The zero-order valence-electron chi connectivity index (χ0n) is 18.6. The first kappa shape index (κ1) is 22.9. The van der Waals surface area contributed by atoms with E-state index in [1.807, 2.05) is 87.5 Å². The normalized spacial score (nSPS) is 10.7. The van der Waals surface area contributed by atoms with Gasteiger partial charge in [-0.3, -0.25) is 4.79 Å². The molecule has 0 atom stereocenters. The Morgan fingerprint density at radius 3 is 2.50 bits per heavy atom. The molecule has 0 fully saturated rings. The molecule has 3 aromatic carbocycles. The highest BCUT2D eigenvalue weighted by Gasteiger charge is 2.08. The van der Waals surface area contributed by atoms with Gasteiger partial charge in [-0.25, -0.2) is 5.43 Å². The number of aryl methyl sites for hydroxylation is 1. The van der Waals surface area contributed by atoms with Gasteiger partial charge in [0.05, 0.1) is 12.8 Å². The maximum atomic E-state index is 12.1. The highest BCUT2D eigenvalue weighted by molar-refractivity contribution is 5.83. The van der Waals surface area contributed by atoms with Crippen molar-refractivity contribution in [3.63, 3.8) is 0 Å². The maximum Gasteiger partial charge on any atom is 0.277 e. The van der Waals surface area contributed by atoms with Crippen molar-refractivity contribution >= 4 is 12.1 Å². The number of ether oxygens (including phenoxy) is 3. The van der Waals surface area contributed by atoms with E-state index in [1.54, 1.807) is 6.21 Å². The molecule has 0 saturated heterocycles. The van der Waals surface area contributed by atoms with Crippen LogP contribution in [0.15, 0.2) is 71.8 Å². The Balaban J connectivity index is 1.55. The van der Waals surface area contributed by atoms with E-state index < -0.39 is 0 Å². The Labute approximate surface area is 188 Å². The number of hydrogen-bond donors (Lipinski definition) is 1. The molecule has 0 spiro atoms. The average molecular weight is 433 g/mol. The first-order valence-electron chi connectivity index (χ1n) is 10.5. The van der Waals surface area contributed by atoms with Gasteiger partial charge in [-0.05, 0) is 67.3 Å². The Hall–Kier alpha value is -3.80. The predicted octanol–water partition coefficient (Wildman–Crippen LogP) is 4.81. The summed E-state index contributed by atoms with van der Waals surface area (Å²) in [6, 6.07) is 21.2. The molecule has 1 amide bonds. The third-order valence-electron chi connectivity index (χ3n) is 4.82. The lowest BCUT2D eigenvalue weighted by molar-refractivity contribution is -0.123. The van der Waals surface area contributed by atoms with Gasteiger partial charge in [0.1, 0.15) is 12.4 Å².